The molecule has 0 saturated heterocycles. The molecule has 0 aromatic carbocycles. The van der Waals surface area contributed by atoms with Gasteiger partial charge in [-0.1, -0.05) is 52.4 Å². The topological polar surface area (TPSA) is 40.5 Å². The SMILES string of the molecule is CCC1CCC(CO)CC1.CCC1CCC(CO)CC1. The largest absolute Gasteiger partial charge is 0.396 e. The molecule has 0 radical (unpaired) electrons. The van der Waals surface area contributed by atoms with Crippen molar-refractivity contribution in [2.75, 3.05) is 13.2 Å². The van der Waals surface area contributed by atoms with Gasteiger partial charge >= 0.3 is 0 Å². The van der Waals surface area contributed by atoms with E-state index in [2.05, 4.69) is 13.8 Å². The smallest absolute Gasteiger partial charge is 0.0459 e. The Kier molecular flexibility index (Phi) is 9.54. The molecular weight excluding hydrogens is 248 g/mol. The summed E-state index contributed by atoms with van der Waals surface area (Å²) >= 11 is 0. The second-order valence-corrected chi connectivity index (χ2v) is 6.96. The van der Waals surface area contributed by atoms with Gasteiger partial charge in [0.25, 0.3) is 0 Å². The normalized spacial score (nSPS) is 34.2. The minimum atomic E-state index is 0.413. The monoisotopic (exact) mass is 284 g/mol. The van der Waals surface area contributed by atoms with Crippen LogP contribution in [0.5, 0.6) is 0 Å². The zero-order valence-electron chi connectivity index (χ0n) is 13.7. The molecule has 2 aliphatic carbocycles. The maximum Gasteiger partial charge on any atom is 0.0459 e. The Balaban J connectivity index is 0.000000200. The highest BCUT2D eigenvalue weighted by molar-refractivity contribution is 4.71. The van der Waals surface area contributed by atoms with Crippen molar-refractivity contribution in [1.29, 1.82) is 0 Å². The summed E-state index contributed by atoms with van der Waals surface area (Å²) in [5.41, 5.74) is 0. The van der Waals surface area contributed by atoms with Gasteiger partial charge in [-0.3, -0.25) is 0 Å². The molecule has 0 unspecified atom stereocenters. The van der Waals surface area contributed by atoms with Gasteiger partial charge < -0.3 is 10.2 Å². The fourth-order valence-electron chi connectivity index (χ4n) is 3.64. The van der Waals surface area contributed by atoms with Crippen LogP contribution in [0.2, 0.25) is 0 Å². The van der Waals surface area contributed by atoms with Crippen LogP contribution in [0.15, 0.2) is 0 Å². The number of rotatable bonds is 4. The highest BCUT2D eigenvalue weighted by Crippen LogP contribution is 2.30. The molecule has 0 bridgehead atoms. The molecule has 0 aromatic rings. The molecule has 0 aliphatic heterocycles. The lowest BCUT2D eigenvalue weighted by molar-refractivity contribution is 0.166. The van der Waals surface area contributed by atoms with Crippen LogP contribution in [0.3, 0.4) is 0 Å². The van der Waals surface area contributed by atoms with Crippen molar-refractivity contribution >= 4 is 0 Å². The fraction of sp³-hybridized carbons (Fsp3) is 1.00. The second kappa shape index (κ2) is 10.6. The molecule has 2 N–H and O–H groups in total. The van der Waals surface area contributed by atoms with Crippen LogP contribution in [0, 0.1) is 23.7 Å². The highest BCUT2D eigenvalue weighted by Gasteiger charge is 2.19. The Morgan fingerprint density at radius 1 is 0.550 bits per heavy atom. The Morgan fingerprint density at radius 2 is 0.800 bits per heavy atom. The third-order valence-electron chi connectivity index (χ3n) is 5.60. The molecule has 0 aromatic heterocycles. The first-order chi connectivity index (χ1) is 9.73. The molecule has 0 amide bonds. The summed E-state index contributed by atoms with van der Waals surface area (Å²) in [6.07, 6.45) is 13.1. The first-order valence-electron chi connectivity index (χ1n) is 8.95. The lowest BCUT2D eigenvalue weighted by atomic mass is 9.81. The van der Waals surface area contributed by atoms with Gasteiger partial charge in [0, 0.05) is 13.2 Å². The van der Waals surface area contributed by atoms with E-state index in [1.165, 1.54) is 64.2 Å². The Hall–Kier alpha value is -0.0800. The molecule has 2 heteroatoms. The molecule has 0 heterocycles. The lowest BCUT2D eigenvalue weighted by Gasteiger charge is -2.26. The summed E-state index contributed by atoms with van der Waals surface area (Å²) in [5.74, 6) is 3.18. The standard InChI is InChI=1S/2C9H18O/c2*1-2-8-3-5-9(7-10)6-4-8/h2*8-10H,2-7H2,1H3. The number of aliphatic hydroxyl groups is 2. The second-order valence-electron chi connectivity index (χ2n) is 6.96. The Labute approximate surface area is 126 Å². The molecule has 2 aliphatic rings. The fourth-order valence-corrected chi connectivity index (χ4v) is 3.64. The molecule has 0 atom stereocenters. The highest BCUT2D eigenvalue weighted by atomic mass is 16.3. The first kappa shape index (κ1) is 18.0. The van der Waals surface area contributed by atoms with Gasteiger partial charge in [-0.25, -0.2) is 0 Å². The third-order valence-corrected chi connectivity index (χ3v) is 5.60. The van der Waals surface area contributed by atoms with E-state index >= 15 is 0 Å². The van der Waals surface area contributed by atoms with Crippen LogP contribution in [0.4, 0.5) is 0 Å². The number of hydrogen-bond acceptors (Lipinski definition) is 2. The maximum atomic E-state index is 8.85. The van der Waals surface area contributed by atoms with E-state index < -0.39 is 0 Å². The summed E-state index contributed by atoms with van der Waals surface area (Å²) in [6.45, 7) is 5.36. The molecule has 120 valence electrons. The van der Waals surface area contributed by atoms with Gasteiger partial charge in [0.05, 0.1) is 0 Å². The third kappa shape index (κ3) is 6.58. The van der Waals surface area contributed by atoms with Gasteiger partial charge in [0.15, 0.2) is 0 Å². The Bertz CT molecular complexity index is 165. The summed E-state index contributed by atoms with van der Waals surface area (Å²) in [4.78, 5) is 0. The summed E-state index contributed by atoms with van der Waals surface area (Å²) < 4.78 is 0. The minimum absolute atomic E-state index is 0.413. The quantitative estimate of drug-likeness (QED) is 0.803. The average Bonchev–Trinajstić information content (AvgIpc) is 2.55. The van der Waals surface area contributed by atoms with Crippen molar-refractivity contribution in [3.8, 4) is 0 Å². The van der Waals surface area contributed by atoms with E-state index in [-0.39, 0.29) is 0 Å². The predicted octanol–water partition coefficient (Wildman–Crippen LogP) is 4.39. The van der Waals surface area contributed by atoms with Gasteiger partial charge in [-0.15, -0.1) is 0 Å². The Morgan fingerprint density at radius 3 is 1.00 bits per heavy atom. The van der Waals surface area contributed by atoms with Gasteiger partial charge in [-0.2, -0.15) is 0 Å². The van der Waals surface area contributed by atoms with Crippen molar-refractivity contribution in [3.63, 3.8) is 0 Å². The van der Waals surface area contributed by atoms with Gasteiger partial charge in [0.2, 0.25) is 0 Å². The van der Waals surface area contributed by atoms with E-state index in [1.807, 2.05) is 0 Å². The van der Waals surface area contributed by atoms with Gasteiger partial charge in [-0.05, 0) is 49.4 Å². The summed E-state index contributed by atoms with van der Waals surface area (Å²) in [5, 5.41) is 17.7. The predicted molar refractivity (Wildman–Crippen MR) is 85.6 cm³/mol. The van der Waals surface area contributed by atoms with E-state index in [9.17, 15) is 0 Å². The molecule has 2 rings (SSSR count). The maximum absolute atomic E-state index is 8.85. The van der Waals surface area contributed by atoms with Crippen LogP contribution >= 0.6 is 0 Å². The lowest BCUT2D eigenvalue weighted by Crippen LogP contribution is -2.16. The molecule has 0 spiro atoms. The van der Waals surface area contributed by atoms with Crippen molar-refractivity contribution in [3.05, 3.63) is 0 Å². The van der Waals surface area contributed by atoms with Crippen LogP contribution < -0.4 is 0 Å². The summed E-state index contributed by atoms with van der Waals surface area (Å²) in [6, 6.07) is 0. The van der Waals surface area contributed by atoms with E-state index in [4.69, 9.17) is 10.2 Å². The first-order valence-corrected chi connectivity index (χ1v) is 8.95. The van der Waals surface area contributed by atoms with Crippen molar-refractivity contribution < 1.29 is 10.2 Å². The number of aliphatic hydroxyl groups excluding tert-OH is 2. The van der Waals surface area contributed by atoms with Crippen LogP contribution in [0.25, 0.3) is 0 Å². The molecular formula is C18H36O2. The zero-order valence-corrected chi connectivity index (χ0v) is 13.7. The molecule has 2 nitrogen and oxygen atoms in total. The zero-order chi connectivity index (χ0) is 14.8. The van der Waals surface area contributed by atoms with E-state index in [0.29, 0.717) is 25.0 Å². The van der Waals surface area contributed by atoms with Crippen molar-refractivity contribution in [2.45, 2.75) is 78.1 Å². The molecule has 2 saturated carbocycles. The minimum Gasteiger partial charge on any atom is -0.396 e. The van der Waals surface area contributed by atoms with Gasteiger partial charge in [0.1, 0.15) is 0 Å². The number of hydrogen-bond donors (Lipinski definition) is 2. The summed E-state index contributed by atoms with van der Waals surface area (Å²) in [7, 11) is 0. The van der Waals surface area contributed by atoms with E-state index in [0.717, 1.165) is 11.8 Å². The van der Waals surface area contributed by atoms with Crippen molar-refractivity contribution in [1.82, 2.24) is 0 Å². The van der Waals surface area contributed by atoms with Crippen molar-refractivity contribution in [2.24, 2.45) is 23.7 Å². The van der Waals surface area contributed by atoms with E-state index in [1.54, 1.807) is 0 Å². The molecule has 20 heavy (non-hydrogen) atoms. The average molecular weight is 284 g/mol. The van der Waals surface area contributed by atoms with Crippen LogP contribution in [-0.2, 0) is 0 Å². The van der Waals surface area contributed by atoms with Crippen LogP contribution in [0.1, 0.15) is 78.1 Å². The molecule has 2 fully saturated rings. The van der Waals surface area contributed by atoms with Crippen LogP contribution in [-0.4, -0.2) is 23.4 Å².